The number of benzene rings is 1. The Morgan fingerprint density at radius 2 is 1.85 bits per heavy atom. The highest BCUT2D eigenvalue weighted by atomic mass is 32.3. The number of aromatic nitrogens is 2. The average Bonchev–Trinajstić information content (AvgIpc) is 2.89. The minimum atomic E-state index is -4.08. The van der Waals surface area contributed by atoms with Crippen LogP contribution in [0.1, 0.15) is 16.1 Å². The molecule has 178 valence electrons. The third kappa shape index (κ3) is 4.98. The molecule has 0 radical (unpaired) electrons. The van der Waals surface area contributed by atoms with E-state index in [0.717, 1.165) is 4.31 Å². The molecule has 1 aliphatic heterocycles. The van der Waals surface area contributed by atoms with E-state index in [1.807, 2.05) is 0 Å². The molecule has 1 amide bonds. The number of pyridine rings is 2. The fourth-order valence-electron chi connectivity index (χ4n) is 3.37. The van der Waals surface area contributed by atoms with Gasteiger partial charge in [-0.2, -0.15) is 0 Å². The molecular weight excluding hydrogens is 475 g/mol. The van der Waals surface area contributed by atoms with Crippen LogP contribution in [-0.4, -0.2) is 63.0 Å². The van der Waals surface area contributed by atoms with Gasteiger partial charge in [0.05, 0.1) is 0 Å². The Labute approximate surface area is 191 Å². The predicted molar refractivity (Wildman–Crippen MR) is 119 cm³/mol. The van der Waals surface area contributed by atoms with Crippen molar-refractivity contribution >= 4 is 44.0 Å². The molecule has 2 aromatic heterocycles. The van der Waals surface area contributed by atoms with Gasteiger partial charge < -0.3 is 54.3 Å². The van der Waals surface area contributed by atoms with Gasteiger partial charge in [-0.15, -0.1) is 0 Å². The first-order chi connectivity index (χ1) is 15.6. The fraction of sp³-hybridized carbons (Fsp3) is 0.250. The lowest BCUT2D eigenvalue weighted by molar-refractivity contribution is 0.0943. The van der Waals surface area contributed by atoms with Gasteiger partial charge in [-0.3, -0.25) is 9.78 Å². The van der Waals surface area contributed by atoms with Gasteiger partial charge in [0, 0.05) is 24.7 Å². The van der Waals surface area contributed by atoms with Crippen LogP contribution >= 0.6 is 21.4 Å². The number of anilines is 1. The maximum absolute atomic E-state index is 13.1. The van der Waals surface area contributed by atoms with Crippen LogP contribution < -0.4 is 9.62 Å². The molecule has 4 rings (SSSR count). The smallest absolute Gasteiger partial charge is 0.274 e. The van der Waals surface area contributed by atoms with Crippen molar-refractivity contribution in [2.24, 2.45) is 0 Å². The molecule has 3 aromatic rings. The second kappa shape index (κ2) is 8.93. The van der Waals surface area contributed by atoms with Gasteiger partial charge >= 0.3 is 0 Å². The van der Waals surface area contributed by atoms with E-state index in [2.05, 4.69) is 15.3 Å². The van der Waals surface area contributed by atoms with Gasteiger partial charge in [-0.25, -0.2) is 9.37 Å². The molecule has 2 N–H and O–H groups in total. The Balaban J connectivity index is 1.73. The summed E-state index contributed by atoms with van der Waals surface area (Å²) >= 11 is 0. The molecule has 0 aliphatic carbocycles. The lowest BCUT2D eigenvalue weighted by atomic mass is 10.2. The quantitative estimate of drug-likeness (QED) is 0.552. The number of hydrogen-bond acceptors (Lipinski definition) is 9. The zero-order valence-electron chi connectivity index (χ0n) is 17.1. The van der Waals surface area contributed by atoms with Crippen molar-refractivity contribution < 1.29 is 32.5 Å². The van der Waals surface area contributed by atoms with Crippen LogP contribution in [0, 0.1) is 5.82 Å². The van der Waals surface area contributed by atoms with Crippen LogP contribution in [0.25, 0.3) is 10.9 Å². The molecule has 0 saturated carbocycles. The highest BCUT2D eigenvalue weighted by Crippen LogP contribution is 2.54. The predicted octanol–water partition coefficient (Wildman–Crippen LogP) is 2.27. The topological polar surface area (TPSA) is 171 Å². The van der Waals surface area contributed by atoms with E-state index in [0.29, 0.717) is 5.56 Å². The molecule has 1 fully saturated rings. The van der Waals surface area contributed by atoms with Crippen molar-refractivity contribution in [3.63, 3.8) is 0 Å². The number of hydrogen-bond donors (Lipinski definition) is 2. The van der Waals surface area contributed by atoms with Crippen molar-refractivity contribution in [1.29, 1.82) is 0 Å². The molecule has 13 heteroatoms. The van der Waals surface area contributed by atoms with E-state index in [9.17, 15) is 32.5 Å². The zero-order chi connectivity index (χ0) is 23.8. The number of carbonyl (C=O) groups is 1. The van der Waals surface area contributed by atoms with E-state index in [1.165, 1.54) is 42.6 Å². The second-order valence-corrected chi connectivity index (χ2v) is 11.7. The molecule has 1 saturated heterocycles. The minimum Gasteiger partial charge on any atom is -0.800 e. The highest BCUT2D eigenvalue weighted by molar-refractivity contribution is 8.28. The van der Waals surface area contributed by atoms with Crippen molar-refractivity contribution in [2.45, 2.75) is 6.54 Å². The second-order valence-electron chi connectivity index (χ2n) is 7.38. The van der Waals surface area contributed by atoms with Crippen molar-refractivity contribution in [2.75, 3.05) is 28.1 Å². The fourth-order valence-corrected chi connectivity index (χ4v) is 7.00. The first kappa shape index (κ1) is 23.5. The van der Waals surface area contributed by atoms with E-state index in [4.69, 9.17) is 0 Å². The minimum absolute atomic E-state index is 0.00389. The number of sulfonamides is 1. The summed E-state index contributed by atoms with van der Waals surface area (Å²) in [5.74, 6) is -3.56. The third-order valence-corrected chi connectivity index (χ3v) is 8.76. The number of aromatic hydroxyl groups is 1. The number of rotatable bonds is 4. The Kier molecular flexibility index (Phi) is 6.35. The average molecular weight is 495 g/mol. The van der Waals surface area contributed by atoms with Gasteiger partial charge in [0.15, 0.2) is 17.3 Å². The summed E-state index contributed by atoms with van der Waals surface area (Å²) in [7, 11) is -7.66. The van der Waals surface area contributed by atoms with E-state index >= 15 is 0 Å². The van der Waals surface area contributed by atoms with Crippen LogP contribution in [-0.2, 0) is 6.54 Å². The van der Waals surface area contributed by atoms with Crippen LogP contribution in [0.4, 0.5) is 10.2 Å². The summed E-state index contributed by atoms with van der Waals surface area (Å²) in [5, 5.41) is 13.3. The number of nitrogens with one attached hydrogen (secondary N) is 1. The number of nitrogens with zero attached hydrogens (tertiary/aromatic N) is 3. The number of sulfone groups is 1. The van der Waals surface area contributed by atoms with Crippen molar-refractivity contribution in [1.82, 2.24) is 15.3 Å². The summed E-state index contributed by atoms with van der Waals surface area (Å²) in [4.78, 5) is 21.0. The first-order valence-corrected chi connectivity index (χ1v) is 13.2. The Morgan fingerprint density at radius 3 is 2.58 bits per heavy atom. The van der Waals surface area contributed by atoms with Gasteiger partial charge in [0.2, 0.25) is 0 Å². The lowest BCUT2D eigenvalue weighted by Crippen LogP contribution is -2.32. The summed E-state index contributed by atoms with van der Waals surface area (Å²) in [6.07, 6.45) is 1.35. The van der Waals surface area contributed by atoms with Crippen LogP contribution in [0.15, 0.2) is 42.6 Å². The lowest BCUT2D eigenvalue weighted by Gasteiger charge is -2.66. The van der Waals surface area contributed by atoms with E-state index in [1.54, 1.807) is 0 Å². The van der Waals surface area contributed by atoms with Gasteiger partial charge in [0.1, 0.15) is 11.3 Å². The van der Waals surface area contributed by atoms with Crippen molar-refractivity contribution in [3.8, 4) is 5.75 Å². The molecule has 1 aliphatic rings. The largest absolute Gasteiger partial charge is 0.800 e. The molecule has 0 bridgehead atoms. The normalized spacial score (nSPS) is 19.5. The third-order valence-electron chi connectivity index (χ3n) is 5.13. The SMILES string of the molecule is O=C(NCc1ccc(F)cc1)c1nc(N2CCS([O-])([O-])CCS2([O-])[O-])c2cccnc2c1O. The van der Waals surface area contributed by atoms with Crippen LogP contribution in [0.3, 0.4) is 0 Å². The Hall–Kier alpha value is -2.68. The Morgan fingerprint density at radius 1 is 1.12 bits per heavy atom. The van der Waals surface area contributed by atoms with Crippen LogP contribution in [0.5, 0.6) is 5.75 Å². The number of halogens is 1. The molecule has 0 spiro atoms. The van der Waals surface area contributed by atoms with Gasteiger partial charge in [-0.1, -0.05) is 12.1 Å². The standard InChI is InChI=1S/C20H23FN4O6S2/c21-14-5-3-13(4-6-14)12-23-20(27)17-18(26)16-15(2-1-7-22-16)19(24-17)25-8-9-32(28,29)10-11-33(25,30)31/h1-7,26,28-31H,8-12H2,(H,23,27)/p-4. The monoisotopic (exact) mass is 494 g/mol. The van der Waals surface area contributed by atoms with Gasteiger partial charge in [-0.05, 0) is 47.1 Å². The maximum atomic E-state index is 13.1. The molecular formula is C20H19FN4O6S2-4. The molecule has 1 aromatic carbocycles. The summed E-state index contributed by atoms with van der Waals surface area (Å²) in [6, 6.07) is 8.38. The van der Waals surface area contributed by atoms with E-state index in [-0.39, 0.29) is 29.8 Å². The molecule has 0 atom stereocenters. The number of fused-ring (bicyclic) bond motifs is 1. The van der Waals surface area contributed by atoms with Crippen LogP contribution in [0.2, 0.25) is 0 Å². The zero-order valence-corrected chi connectivity index (χ0v) is 18.7. The number of carbonyl (C=O) groups excluding carboxylic acids is 1. The molecule has 0 unspecified atom stereocenters. The number of amides is 1. The maximum Gasteiger partial charge on any atom is 0.274 e. The highest BCUT2D eigenvalue weighted by Gasteiger charge is 2.25. The summed E-state index contributed by atoms with van der Waals surface area (Å²) in [5.41, 5.74) is 0.0565. The Bertz CT molecular complexity index is 1200. The summed E-state index contributed by atoms with van der Waals surface area (Å²) < 4.78 is 63.7. The van der Waals surface area contributed by atoms with Gasteiger partial charge in [0.25, 0.3) is 5.91 Å². The summed E-state index contributed by atoms with van der Waals surface area (Å²) in [6.45, 7) is -0.390. The first-order valence-electron chi connectivity index (χ1n) is 9.78. The van der Waals surface area contributed by atoms with E-state index < -0.39 is 61.8 Å². The molecule has 10 nitrogen and oxygen atoms in total. The van der Waals surface area contributed by atoms with Crippen molar-refractivity contribution in [3.05, 3.63) is 59.7 Å². The molecule has 33 heavy (non-hydrogen) atoms. The molecule has 3 heterocycles.